The number of aromatic carboxylic acids is 2. The van der Waals surface area contributed by atoms with E-state index in [2.05, 4.69) is 9.44 Å². The van der Waals surface area contributed by atoms with Crippen molar-refractivity contribution < 1.29 is 41.4 Å². The van der Waals surface area contributed by atoms with Crippen LogP contribution in [-0.2, 0) is 20.0 Å². The van der Waals surface area contributed by atoms with E-state index in [1.807, 2.05) is 0 Å². The van der Waals surface area contributed by atoms with Gasteiger partial charge in [-0.25, -0.2) is 26.4 Å². The molecule has 0 aromatic heterocycles. The first-order valence-electron chi connectivity index (χ1n) is 11.0. The average molecular weight is 569 g/mol. The van der Waals surface area contributed by atoms with Crippen molar-refractivity contribution in [2.45, 2.75) is 9.79 Å². The number of hydrogen-bond donors (Lipinski definition) is 4. The summed E-state index contributed by atoms with van der Waals surface area (Å²) in [6.45, 7) is 0. The number of rotatable bonds is 10. The van der Waals surface area contributed by atoms with Crippen molar-refractivity contribution in [2.75, 3.05) is 9.44 Å². The lowest BCUT2D eigenvalue weighted by Crippen LogP contribution is -2.15. The fraction of sp³-hybridized carbons (Fsp3) is 0. The lowest BCUT2D eigenvalue weighted by Gasteiger charge is -2.12. The molecule has 0 fully saturated rings. The number of sulfonamides is 2. The molecule has 4 rings (SSSR count). The van der Waals surface area contributed by atoms with E-state index >= 15 is 0 Å². The van der Waals surface area contributed by atoms with Crippen LogP contribution in [0.25, 0.3) is 0 Å². The van der Waals surface area contributed by atoms with Crippen LogP contribution >= 0.6 is 0 Å². The lowest BCUT2D eigenvalue weighted by atomic mass is 10.2. The highest BCUT2D eigenvalue weighted by Crippen LogP contribution is 2.27. The molecule has 4 aromatic rings. The van der Waals surface area contributed by atoms with E-state index in [1.54, 1.807) is 0 Å². The number of hydrogen-bond acceptors (Lipinski definition) is 7. The minimum absolute atomic E-state index is 0.0821. The van der Waals surface area contributed by atoms with E-state index in [4.69, 9.17) is 4.74 Å². The van der Waals surface area contributed by atoms with Gasteiger partial charge in [0.2, 0.25) is 0 Å². The van der Waals surface area contributed by atoms with Crippen molar-refractivity contribution in [3.8, 4) is 11.5 Å². The van der Waals surface area contributed by atoms with E-state index in [9.17, 15) is 36.6 Å². The summed E-state index contributed by atoms with van der Waals surface area (Å²) in [5, 5.41) is 18.5. The zero-order valence-electron chi connectivity index (χ0n) is 19.8. The van der Waals surface area contributed by atoms with E-state index in [0.717, 1.165) is 0 Å². The highest BCUT2D eigenvalue weighted by atomic mass is 32.2. The Hall–Kier alpha value is -4.88. The van der Waals surface area contributed by atoms with E-state index < -0.39 is 32.0 Å². The van der Waals surface area contributed by atoms with E-state index in [-0.39, 0.29) is 43.8 Å². The standard InChI is InChI=1S/C26H20N2O9S2/c29-25(30)21-5-1-3-7-23(21)27-38(33,34)19-13-9-17(10-14-19)37-18-11-15-20(16-12-18)39(35,36)28-24-8-4-2-6-22(24)26(31)32/h1-16,27-28H,(H,29,30)(H,31,32). The molecule has 0 atom stereocenters. The molecule has 4 N–H and O–H groups in total. The van der Waals surface area contributed by atoms with E-state index in [1.165, 1.54) is 97.1 Å². The molecule has 0 saturated heterocycles. The fourth-order valence-corrected chi connectivity index (χ4v) is 5.59. The quantitative estimate of drug-likeness (QED) is 0.215. The zero-order valence-corrected chi connectivity index (χ0v) is 21.4. The number of nitrogens with one attached hydrogen (secondary N) is 2. The van der Waals surface area contributed by atoms with Gasteiger partial charge in [0.25, 0.3) is 20.0 Å². The smallest absolute Gasteiger partial charge is 0.337 e. The van der Waals surface area contributed by atoms with Crippen molar-refractivity contribution in [3.63, 3.8) is 0 Å². The van der Waals surface area contributed by atoms with E-state index in [0.29, 0.717) is 0 Å². The van der Waals surface area contributed by atoms with Crippen LogP contribution in [0.15, 0.2) is 107 Å². The molecule has 0 aliphatic heterocycles. The molecule has 0 heterocycles. The van der Waals surface area contributed by atoms with Gasteiger partial charge < -0.3 is 14.9 Å². The normalized spacial score (nSPS) is 11.4. The van der Waals surface area contributed by atoms with Gasteiger partial charge in [-0.2, -0.15) is 0 Å². The number of ether oxygens (including phenoxy) is 1. The van der Waals surface area contributed by atoms with Crippen molar-refractivity contribution in [2.24, 2.45) is 0 Å². The molecule has 4 aromatic carbocycles. The van der Waals surface area contributed by atoms with Crippen LogP contribution in [-0.4, -0.2) is 39.0 Å². The Labute approximate surface area is 223 Å². The summed E-state index contributed by atoms with van der Waals surface area (Å²) >= 11 is 0. The Morgan fingerprint density at radius 2 is 0.872 bits per heavy atom. The van der Waals surface area contributed by atoms with Gasteiger partial charge in [0.1, 0.15) is 11.5 Å². The van der Waals surface area contributed by atoms with Gasteiger partial charge in [0.05, 0.1) is 32.3 Å². The number of benzene rings is 4. The lowest BCUT2D eigenvalue weighted by molar-refractivity contribution is 0.0687. The second-order valence-corrected chi connectivity index (χ2v) is 11.3. The third-order valence-corrected chi connectivity index (χ3v) is 8.07. The molecule has 0 aliphatic rings. The van der Waals surface area contributed by atoms with Gasteiger partial charge >= 0.3 is 11.9 Å². The van der Waals surface area contributed by atoms with Crippen LogP contribution in [0, 0.1) is 0 Å². The van der Waals surface area contributed by atoms with Crippen molar-refractivity contribution in [1.29, 1.82) is 0 Å². The Kier molecular flexibility index (Phi) is 7.56. The van der Waals surface area contributed by atoms with Gasteiger partial charge in [-0.15, -0.1) is 0 Å². The number of anilines is 2. The minimum Gasteiger partial charge on any atom is -0.478 e. The predicted octanol–water partition coefficient (Wildman–Crippen LogP) is 4.48. The van der Waals surface area contributed by atoms with Gasteiger partial charge in [-0.3, -0.25) is 9.44 Å². The summed E-state index contributed by atoms with van der Waals surface area (Å²) in [5.74, 6) is -2.05. The highest BCUT2D eigenvalue weighted by Gasteiger charge is 2.20. The molecule has 0 spiro atoms. The molecule has 13 heteroatoms. The SMILES string of the molecule is O=C(O)c1ccccc1NS(=O)(=O)c1ccc(Oc2ccc(S(=O)(=O)Nc3ccccc3C(=O)O)cc2)cc1. The highest BCUT2D eigenvalue weighted by molar-refractivity contribution is 7.93. The van der Waals surface area contributed by atoms with Crippen LogP contribution in [0.5, 0.6) is 11.5 Å². The largest absolute Gasteiger partial charge is 0.478 e. The first kappa shape index (κ1) is 27.2. The number of para-hydroxylation sites is 2. The van der Waals surface area contributed by atoms with Gasteiger partial charge in [-0.1, -0.05) is 24.3 Å². The minimum atomic E-state index is -4.09. The topological polar surface area (TPSA) is 176 Å². The van der Waals surface area contributed by atoms with Gasteiger partial charge in [0.15, 0.2) is 0 Å². The molecular formula is C26H20N2O9S2. The van der Waals surface area contributed by atoms with Crippen LogP contribution in [0.1, 0.15) is 20.7 Å². The summed E-state index contributed by atoms with van der Waals surface area (Å²) in [4.78, 5) is 22.4. The average Bonchev–Trinajstić information content (AvgIpc) is 2.89. The molecule has 39 heavy (non-hydrogen) atoms. The molecule has 0 unspecified atom stereocenters. The van der Waals surface area contributed by atoms with Crippen molar-refractivity contribution >= 4 is 43.4 Å². The van der Waals surface area contributed by atoms with Gasteiger partial charge in [-0.05, 0) is 72.8 Å². The Bertz CT molecular complexity index is 1620. The zero-order chi connectivity index (χ0) is 28.2. The Morgan fingerprint density at radius 3 is 1.21 bits per heavy atom. The first-order chi connectivity index (χ1) is 18.5. The summed E-state index contributed by atoms with van der Waals surface area (Å²) in [6.07, 6.45) is 0. The Morgan fingerprint density at radius 1 is 0.538 bits per heavy atom. The molecular weight excluding hydrogens is 548 g/mol. The summed E-state index contributed by atoms with van der Waals surface area (Å²) in [6, 6.07) is 21.8. The summed E-state index contributed by atoms with van der Waals surface area (Å²) < 4.78 is 61.1. The van der Waals surface area contributed by atoms with Crippen LogP contribution in [0.3, 0.4) is 0 Å². The molecule has 0 radical (unpaired) electrons. The fourth-order valence-electron chi connectivity index (χ4n) is 3.43. The first-order valence-corrected chi connectivity index (χ1v) is 14.0. The summed E-state index contributed by atoms with van der Waals surface area (Å²) in [5.41, 5.74) is -0.566. The maximum atomic E-state index is 12.7. The third kappa shape index (κ3) is 6.34. The summed E-state index contributed by atoms with van der Waals surface area (Å²) in [7, 11) is -8.19. The monoisotopic (exact) mass is 568 g/mol. The van der Waals surface area contributed by atoms with Crippen molar-refractivity contribution in [3.05, 3.63) is 108 Å². The molecule has 0 aliphatic carbocycles. The van der Waals surface area contributed by atoms with Crippen LogP contribution in [0.2, 0.25) is 0 Å². The number of carboxylic acid groups (broad SMARTS) is 2. The molecule has 200 valence electrons. The molecule has 11 nitrogen and oxygen atoms in total. The number of carboxylic acids is 2. The van der Waals surface area contributed by atoms with Crippen LogP contribution in [0.4, 0.5) is 11.4 Å². The molecule has 0 saturated carbocycles. The predicted molar refractivity (Wildman–Crippen MR) is 141 cm³/mol. The maximum Gasteiger partial charge on any atom is 0.337 e. The number of carbonyl (C=O) groups is 2. The van der Waals surface area contributed by atoms with Crippen molar-refractivity contribution in [1.82, 2.24) is 0 Å². The third-order valence-electron chi connectivity index (χ3n) is 5.31. The Balaban J connectivity index is 1.46. The molecule has 0 bridgehead atoms. The second kappa shape index (κ2) is 10.8. The molecule has 0 amide bonds. The maximum absolute atomic E-state index is 12.7. The second-order valence-electron chi connectivity index (χ2n) is 7.96. The van der Waals surface area contributed by atoms with Gasteiger partial charge in [0, 0.05) is 0 Å². The van der Waals surface area contributed by atoms with Crippen LogP contribution < -0.4 is 14.2 Å².